The maximum absolute atomic E-state index is 4.72. The third-order valence-corrected chi connectivity index (χ3v) is 5.73. The van der Waals surface area contributed by atoms with Gasteiger partial charge in [-0.15, -0.1) is 35.3 Å². The van der Waals surface area contributed by atoms with E-state index < -0.39 is 0 Å². The molecule has 148 valence electrons. The van der Waals surface area contributed by atoms with Crippen molar-refractivity contribution >= 4 is 47.1 Å². The van der Waals surface area contributed by atoms with Crippen LogP contribution in [0.4, 0.5) is 5.82 Å². The number of aliphatic imine (C=N–C) groups is 1. The number of pyridine rings is 1. The Bertz CT molecular complexity index is 725. The third-order valence-electron chi connectivity index (χ3n) is 4.66. The van der Waals surface area contributed by atoms with Crippen LogP contribution in [0.25, 0.3) is 0 Å². The van der Waals surface area contributed by atoms with Gasteiger partial charge in [-0.2, -0.15) is 0 Å². The van der Waals surface area contributed by atoms with Gasteiger partial charge in [-0.25, -0.2) is 9.97 Å². The second-order valence-electron chi connectivity index (χ2n) is 6.35. The van der Waals surface area contributed by atoms with Crippen LogP contribution in [0.5, 0.6) is 0 Å². The van der Waals surface area contributed by atoms with Gasteiger partial charge in [0.25, 0.3) is 0 Å². The molecule has 0 aromatic carbocycles. The summed E-state index contributed by atoms with van der Waals surface area (Å²) in [7, 11) is 1.86. The van der Waals surface area contributed by atoms with Gasteiger partial charge in [-0.05, 0) is 25.5 Å². The summed E-state index contributed by atoms with van der Waals surface area (Å²) < 4.78 is 0. The van der Waals surface area contributed by atoms with Crippen LogP contribution in [-0.2, 0) is 12.8 Å². The van der Waals surface area contributed by atoms with E-state index in [-0.39, 0.29) is 24.0 Å². The molecule has 2 aromatic rings. The highest BCUT2D eigenvalue weighted by Gasteiger charge is 2.20. The van der Waals surface area contributed by atoms with Crippen LogP contribution in [0.2, 0.25) is 0 Å². The molecular weight excluding hydrogens is 471 g/mol. The lowest BCUT2D eigenvalue weighted by atomic mass is 10.3. The first-order chi connectivity index (χ1) is 12.7. The van der Waals surface area contributed by atoms with Gasteiger partial charge in [-0.3, -0.25) is 4.99 Å². The molecule has 1 aliphatic rings. The predicted octanol–water partition coefficient (Wildman–Crippen LogP) is 2.97. The topological polar surface area (TPSA) is 56.7 Å². The van der Waals surface area contributed by atoms with Crippen molar-refractivity contribution in [3.63, 3.8) is 0 Å². The molecule has 0 radical (unpaired) electrons. The van der Waals surface area contributed by atoms with Crippen LogP contribution < -0.4 is 10.2 Å². The van der Waals surface area contributed by atoms with Crippen LogP contribution in [0, 0.1) is 6.92 Å². The Labute approximate surface area is 183 Å². The minimum atomic E-state index is 0. The summed E-state index contributed by atoms with van der Waals surface area (Å²) in [6.07, 6.45) is 3.81. The summed E-state index contributed by atoms with van der Waals surface area (Å²) in [5, 5.41) is 4.71. The highest BCUT2D eigenvalue weighted by molar-refractivity contribution is 14.0. The SMILES string of the molecule is CCc1nc(CCNC(=NC)N2CCN(c3ccccn3)CC2)sc1C.I. The quantitative estimate of drug-likeness (QED) is 0.389. The van der Waals surface area contributed by atoms with Gasteiger partial charge in [0.05, 0.1) is 10.7 Å². The van der Waals surface area contributed by atoms with Crippen LogP contribution in [0.3, 0.4) is 0 Å². The van der Waals surface area contributed by atoms with Gasteiger partial charge < -0.3 is 15.1 Å². The zero-order valence-electron chi connectivity index (χ0n) is 16.3. The molecule has 3 rings (SSSR count). The van der Waals surface area contributed by atoms with Crippen molar-refractivity contribution in [3.05, 3.63) is 40.0 Å². The number of rotatable bonds is 5. The maximum atomic E-state index is 4.72. The molecule has 1 aliphatic heterocycles. The molecule has 8 heteroatoms. The van der Waals surface area contributed by atoms with Crippen molar-refractivity contribution in [2.45, 2.75) is 26.7 Å². The van der Waals surface area contributed by atoms with Crippen molar-refractivity contribution in [1.82, 2.24) is 20.2 Å². The molecule has 6 nitrogen and oxygen atoms in total. The van der Waals surface area contributed by atoms with E-state index in [4.69, 9.17) is 4.98 Å². The second kappa shape index (κ2) is 10.8. The fourth-order valence-electron chi connectivity index (χ4n) is 3.22. The Morgan fingerprint density at radius 1 is 1.26 bits per heavy atom. The normalized spacial score (nSPS) is 14.9. The summed E-state index contributed by atoms with van der Waals surface area (Å²) in [6, 6.07) is 6.07. The number of piperazine rings is 1. The number of hydrogen-bond donors (Lipinski definition) is 1. The molecule has 1 saturated heterocycles. The Morgan fingerprint density at radius 2 is 2.04 bits per heavy atom. The number of nitrogens with one attached hydrogen (secondary N) is 1. The Morgan fingerprint density at radius 3 is 2.63 bits per heavy atom. The van der Waals surface area contributed by atoms with Crippen molar-refractivity contribution in [1.29, 1.82) is 0 Å². The number of guanidine groups is 1. The Balaban J connectivity index is 0.00000261. The number of thiazole rings is 1. The van der Waals surface area contributed by atoms with Gasteiger partial charge in [0, 0.05) is 57.3 Å². The van der Waals surface area contributed by atoms with Crippen molar-refractivity contribution < 1.29 is 0 Å². The van der Waals surface area contributed by atoms with Gasteiger partial charge in [-0.1, -0.05) is 13.0 Å². The van der Waals surface area contributed by atoms with Gasteiger partial charge in [0.1, 0.15) is 5.82 Å². The molecule has 0 aliphatic carbocycles. The van der Waals surface area contributed by atoms with E-state index in [0.29, 0.717) is 0 Å². The van der Waals surface area contributed by atoms with E-state index in [1.165, 1.54) is 15.6 Å². The zero-order valence-corrected chi connectivity index (χ0v) is 19.5. The lowest BCUT2D eigenvalue weighted by molar-refractivity contribution is 0.372. The molecule has 0 unspecified atom stereocenters. The number of hydrogen-bond acceptors (Lipinski definition) is 5. The average molecular weight is 500 g/mol. The average Bonchev–Trinajstić information content (AvgIpc) is 3.06. The summed E-state index contributed by atoms with van der Waals surface area (Å²) in [6.45, 7) is 9.01. The van der Waals surface area contributed by atoms with E-state index >= 15 is 0 Å². The number of aromatic nitrogens is 2. The highest BCUT2D eigenvalue weighted by Crippen LogP contribution is 2.18. The molecule has 27 heavy (non-hydrogen) atoms. The molecule has 0 atom stereocenters. The molecule has 1 N–H and O–H groups in total. The van der Waals surface area contributed by atoms with Crippen LogP contribution in [0.1, 0.15) is 22.5 Å². The predicted molar refractivity (Wildman–Crippen MR) is 125 cm³/mol. The summed E-state index contributed by atoms with van der Waals surface area (Å²) in [4.78, 5) is 19.6. The Kier molecular flexibility index (Phi) is 8.75. The van der Waals surface area contributed by atoms with Crippen molar-refractivity contribution in [2.75, 3.05) is 44.7 Å². The molecule has 0 spiro atoms. The highest BCUT2D eigenvalue weighted by atomic mass is 127. The molecule has 3 heterocycles. The van der Waals surface area contributed by atoms with Gasteiger partial charge in [0.15, 0.2) is 5.96 Å². The molecule has 2 aromatic heterocycles. The second-order valence-corrected chi connectivity index (χ2v) is 7.64. The molecule has 0 amide bonds. The zero-order chi connectivity index (χ0) is 18.4. The van der Waals surface area contributed by atoms with E-state index in [2.05, 4.69) is 45.0 Å². The minimum absolute atomic E-state index is 0. The molecule has 1 fully saturated rings. The smallest absolute Gasteiger partial charge is 0.193 e. The monoisotopic (exact) mass is 500 g/mol. The van der Waals surface area contributed by atoms with E-state index in [1.807, 2.05) is 36.7 Å². The third kappa shape index (κ3) is 5.78. The lowest BCUT2D eigenvalue weighted by Gasteiger charge is -2.37. The van der Waals surface area contributed by atoms with Gasteiger partial charge in [0.2, 0.25) is 0 Å². The van der Waals surface area contributed by atoms with E-state index in [9.17, 15) is 0 Å². The number of halogens is 1. The van der Waals surface area contributed by atoms with Crippen LogP contribution in [-0.4, -0.2) is 60.6 Å². The molecule has 0 bridgehead atoms. The summed E-state index contributed by atoms with van der Waals surface area (Å²) in [5.74, 6) is 2.04. The molecular formula is C19H29IN6S. The Hall–Kier alpha value is -1.42. The minimum Gasteiger partial charge on any atom is -0.356 e. The largest absolute Gasteiger partial charge is 0.356 e. The molecule has 0 saturated carbocycles. The van der Waals surface area contributed by atoms with Crippen LogP contribution >= 0.6 is 35.3 Å². The first-order valence-electron chi connectivity index (χ1n) is 9.28. The van der Waals surface area contributed by atoms with Crippen molar-refractivity contribution in [2.24, 2.45) is 4.99 Å². The summed E-state index contributed by atoms with van der Waals surface area (Å²) in [5.41, 5.74) is 1.24. The number of aryl methyl sites for hydroxylation is 2. The van der Waals surface area contributed by atoms with Gasteiger partial charge >= 0.3 is 0 Å². The maximum Gasteiger partial charge on any atom is 0.193 e. The lowest BCUT2D eigenvalue weighted by Crippen LogP contribution is -2.53. The van der Waals surface area contributed by atoms with Crippen molar-refractivity contribution in [3.8, 4) is 0 Å². The standard InChI is InChI=1S/C19H28N6S.HI/c1-4-16-15(2)26-18(23-16)8-10-22-19(20-3)25-13-11-24(12-14-25)17-7-5-6-9-21-17;/h5-7,9H,4,8,10-14H2,1-3H3,(H,20,22);1H. The summed E-state index contributed by atoms with van der Waals surface area (Å²) >= 11 is 1.81. The van der Waals surface area contributed by atoms with Crippen LogP contribution in [0.15, 0.2) is 29.4 Å². The first kappa shape index (κ1) is 21.9. The number of nitrogens with zero attached hydrogens (tertiary/aromatic N) is 5. The van der Waals surface area contributed by atoms with E-state index in [1.54, 1.807) is 0 Å². The van der Waals surface area contributed by atoms with E-state index in [0.717, 1.165) is 57.3 Å². The first-order valence-corrected chi connectivity index (χ1v) is 10.1. The number of anilines is 1. The fourth-order valence-corrected chi connectivity index (χ4v) is 4.25. The fraction of sp³-hybridized carbons (Fsp3) is 0.526.